The van der Waals surface area contributed by atoms with E-state index in [-0.39, 0.29) is 34.4 Å². The number of ether oxygens (including phenoxy) is 2. The van der Waals surface area contributed by atoms with Crippen molar-refractivity contribution in [3.8, 4) is 11.6 Å². The van der Waals surface area contributed by atoms with Crippen LogP contribution in [0.5, 0.6) is 11.6 Å². The molecule has 3 aliphatic rings. The molecule has 0 radical (unpaired) electrons. The Balaban J connectivity index is 1.26. The van der Waals surface area contributed by atoms with Crippen LogP contribution < -0.4 is 20.1 Å². The molecule has 2 N–H and O–H groups in total. The maximum absolute atomic E-state index is 13.4. The van der Waals surface area contributed by atoms with E-state index in [1.54, 1.807) is 6.07 Å². The summed E-state index contributed by atoms with van der Waals surface area (Å²) in [5.41, 5.74) is 0.520. The summed E-state index contributed by atoms with van der Waals surface area (Å²) in [6.45, 7) is 4.17. The molecule has 1 aromatic heterocycles. The molecule has 3 aliphatic carbocycles. The predicted molar refractivity (Wildman–Crippen MR) is 106 cm³/mol. The number of hydrogen-bond donors (Lipinski definition) is 2. The Morgan fingerprint density at radius 2 is 1.97 bits per heavy atom. The lowest BCUT2D eigenvalue weighted by Crippen LogP contribution is -2.81. The fourth-order valence-electron chi connectivity index (χ4n) is 4.15. The van der Waals surface area contributed by atoms with Crippen LogP contribution in [0.15, 0.2) is 24.3 Å². The van der Waals surface area contributed by atoms with Crippen molar-refractivity contribution in [2.24, 2.45) is 0 Å². The Kier molecular flexibility index (Phi) is 4.98. The average molecular weight is 421 g/mol. The van der Waals surface area contributed by atoms with E-state index in [0.29, 0.717) is 18.4 Å². The summed E-state index contributed by atoms with van der Waals surface area (Å²) in [5, 5.41) is 6.42. The monoisotopic (exact) mass is 420 g/mol. The highest BCUT2D eigenvalue weighted by atomic mass is 35.5. The largest absolute Gasteiger partial charge is 0.484 e. The van der Waals surface area contributed by atoms with E-state index < -0.39 is 5.82 Å². The highest BCUT2D eigenvalue weighted by Gasteiger charge is 2.69. The second-order valence-corrected chi connectivity index (χ2v) is 8.14. The van der Waals surface area contributed by atoms with Crippen LogP contribution in [-0.4, -0.2) is 40.2 Å². The molecular formula is C20H22ClFN4O3. The van der Waals surface area contributed by atoms with Crippen molar-refractivity contribution in [1.29, 1.82) is 0 Å². The molecule has 1 amide bonds. The molecule has 29 heavy (non-hydrogen) atoms. The van der Waals surface area contributed by atoms with Gasteiger partial charge < -0.3 is 20.1 Å². The molecule has 3 saturated carbocycles. The summed E-state index contributed by atoms with van der Waals surface area (Å²) < 4.78 is 24.2. The minimum atomic E-state index is -0.581. The van der Waals surface area contributed by atoms with Crippen LogP contribution in [0.3, 0.4) is 0 Å². The number of halogens is 2. The summed E-state index contributed by atoms with van der Waals surface area (Å²) in [5.74, 6) is 0.538. The predicted octanol–water partition coefficient (Wildman–Crippen LogP) is 3.26. The third-order valence-electron chi connectivity index (χ3n) is 5.20. The number of anilines is 1. The van der Waals surface area contributed by atoms with E-state index in [1.165, 1.54) is 12.1 Å². The standard InChI is InChI=1S/C20H22ClFN4O3/c1-3-28-17-6-12(2)23-18(24-17)26-20-9-19(10-20,11-20)25-16(27)8-29-13-4-5-14(21)15(22)7-13/h4-7H,3,8-11H2,1-2H3,(H,25,27)(H,23,24,26). The lowest BCUT2D eigenvalue weighted by molar-refractivity contribution is -0.135. The van der Waals surface area contributed by atoms with Crippen LogP contribution >= 0.6 is 11.6 Å². The number of carbonyl (C=O) groups is 1. The molecule has 2 bridgehead atoms. The maximum Gasteiger partial charge on any atom is 0.258 e. The average Bonchev–Trinajstić information content (AvgIpc) is 2.60. The molecule has 5 rings (SSSR count). The van der Waals surface area contributed by atoms with Gasteiger partial charge in [0.25, 0.3) is 5.91 Å². The highest BCUT2D eigenvalue weighted by Crippen LogP contribution is 2.61. The van der Waals surface area contributed by atoms with Gasteiger partial charge in [-0.1, -0.05) is 11.6 Å². The number of hydrogen-bond acceptors (Lipinski definition) is 6. The number of rotatable bonds is 8. The van der Waals surface area contributed by atoms with E-state index >= 15 is 0 Å². The van der Waals surface area contributed by atoms with Crippen molar-refractivity contribution in [2.45, 2.75) is 44.2 Å². The maximum atomic E-state index is 13.4. The van der Waals surface area contributed by atoms with Crippen molar-refractivity contribution in [3.05, 3.63) is 40.8 Å². The van der Waals surface area contributed by atoms with Crippen molar-refractivity contribution in [1.82, 2.24) is 15.3 Å². The molecular weight excluding hydrogens is 399 g/mol. The zero-order valence-corrected chi connectivity index (χ0v) is 17.0. The summed E-state index contributed by atoms with van der Waals surface area (Å²) in [4.78, 5) is 21.0. The van der Waals surface area contributed by atoms with Gasteiger partial charge in [0.15, 0.2) is 6.61 Å². The summed E-state index contributed by atoms with van der Waals surface area (Å²) in [7, 11) is 0. The SMILES string of the molecule is CCOc1cc(C)nc(NC23CC(NC(=O)COc4ccc(Cl)c(F)c4)(C2)C3)n1. The number of nitrogens with one attached hydrogen (secondary N) is 2. The zero-order valence-electron chi connectivity index (χ0n) is 16.2. The van der Waals surface area contributed by atoms with E-state index in [4.69, 9.17) is 21.1 Å². The van der Waals surface area contributed by atoms with Crippen LogP contribution in [0, 0.1) is 12.7 Å². The Bertz CT molecular complexity index is 936. The van der Waals surface area contributed by atoms with Crippen LogP contribution in [0.25, 0.3) is 0 Å². The quantitative estimate of drug-likeness (QED) is 0.681. The van der Waals surface area contributed by atoms with Gasteiger partial charge in [0.05, 0.1) is 11.6 Å². The molecule has 154 valence electrons. The molecule has 1 aromatic carbocycles. The van der Waals surface area contributed by atoms with Gasteiger partial charge in [0, 0.05) is 28.9 Å². The molecule has 7 nitrogen and oxygen atoms in total. The Labute approximate surface area is 173 Å². The first-order valence-electron chi connectivity index (χ1n) is 9.46. The van der Waals surface area contributed by atoms with Gasteiger partial charge in [-0.15, -0.1) is 0 Å². The topological polar surface area (TPSA) is 85.4 Å². The van der Waals surface area contributed by atoms with Gasteiger partial charge in [0.1, 0.15) is 11.6 Å². The molecule has 0 atom stereocenters. The first kappa shape index (κ1) is 19.7. The molecule has 1 heterocycles. The van der Waals surface area contributed by atoms with Crippen molar-refractivity contribution in [2.75, 3.05) is 18.5 Å². The van der Waals surface area contributed by atoms with Crippen molar-refractivity contribution >= 4 is 23.5 Å². The third-order valence-corrected chi connectivity index (χ3v) is 5.50. The summed E-state index contributed by atoms with van der Waals surface area (Å²) in [6.07, 6.45) is 2.38. The molecule has 0 saturated heterocycles. The number of amides is 1. The van der Waals surface area contributed by atoms with E-state index in [0.717, 1.165) is 31.0 Å². The van der Waals surface area contributed by atoms with Crippen LogP contribution in [0.4, 0.5) is 10.3 Å². The molecule has 0 spiro atoms. The number of benzene rings is 1. The van der Waals surface area contributed by atoms with Gasteiger partial charge >= 0.3 is 0 Å². The Morgan fingerprint density at radius 3 is 2.66 bits per heavy atom. The number of carbonyl (C=O) groups excluding carboxylic acids is 1. The normalized spacial score (nSPS) is 24.1. The minimum Gasteiger partial charge on any atom is -0.484 e. The van der Waals surface area contributed by atoms with Crippen molar-refractivity contribution < 1.29 is 18.7 Å². The van der Waals surface area contributed by atoms with E-state index in [2.05, 4.69) is 20.6 Å². The second-order valence-electron chi connectivity index (χ2n) is 7.73. The summed E-state index contributed by atoms with van der Waals surface area (Å²) >= 11 is 5.63. The molecule has 9 heteroatoms. The lowest BCUT2D eigenvalue weighted by Gasteiger charge is -2.70. The van der Waals surface area contributed by atoms with Crippen LogP contribution in [0.2, 0.25) is 5.02 Å². The van der Waals surface area contributed by atoms with E-state index in [1.807, 2.05) is 13.8 Å². The second kappa shape index (κ2) is 7.33. The van der Waals surface area contributed by atoms with Gasteiger partial charge in [0.2, 0.25) is 11.8 Å². The number of nitrogens with zero attached hydrogens (tertiary/aromatic N) is 2. The van der Waals surface area contributed by atoms with Gasteiger partial charge in [-0.3, -0.25) is 4.79 Å². The zero-order chi connectivity index (χ0) is 20.6. The summed E-state index contributed by atoms with van der Waals surface area (Å²) in [6, 6.07) is 5.88. The molecule has 0 aliphatic heterocycles. The Morgan fingerprint density at radius 1 is 1.21 bits per heavy atom. The fraction of sp³-hybridized carbons (Fsp3) is 0.450. The molecule has 2 aromatic rings. The smallest absolute Gasteiger partial charge is 0.258 e. The minimum absolute atomic E-state index is 0.0134. The van der Waals surface area contributed by atoms with Crippen LogP contribution in [0.1, 0.15) is 31.9 Å². The lowest BCUT2D eigenvalue weighted by atomic mass is 9.44. The first-order valence-corrected chi connectivity index (χ1v) is 9.84. The molecule has 3 fully saturated rings. The van der Waals surface area contributed by atoms with Gasteiger partial charge in [-0.05, 0) is 45.2 Å². The Hall–Kier alpha value is -2.61. The van der Waals surface area contributed by atoms with E-state index in [9.17, 15) is 9.18 Å². The first-order chi connectivity index (χ1) is 13.8. The third kappa shape index (κ3) is 4.07. The number of aryl methyl sites for hydroxylation is 1. The number of aromatic nitrogens is 2. The van der Waals surface area contributed by atoms with Crippen LogP contribution in [-0.2, 0) is 4.79 Å². The van der Waals surface area contributed by atoms with Gasteiger partial charge in [-0.2, -0.15) is 4.98 Å². The molecule has 0 unspecified atom stereocenters. The van der Waals surface area contributed by atoms with Crippen molar-refractivity contribution in [3.63, 3.8) is 0 Å². The fourth-order valence-corrected chi connectivity index (χ4v) is 4.27. The highest BCUT2D eigenvalue weighted by molar-refractivity contribution is 6.30. The van der Waals surface area contributed by atoms with Gasteiger partial charge in [-0.25, -0.2) is 9.37 Å².